The second-order valence-corrected chi connectivity index (χ2v) is 4.02. The van der Waals surface area contributed by atoms with Crippen molar-refractivity contribution in [1.82, 2.24) is 24.3 Å². The molecule has 0 amide bonds. The lowest BCUT2D eigenvalue weighted by molar-refractivity contribution is 0.626. The van der Waals surface area contributed by atoms with E-state index in [1.165, 1.54) is 17.1 Å². The van der Waals surface area contributed by atoms with E-state index < -0.39 is 11.2 Å². The zero-order valence-corrected chi connectivity index (χ0v) is 9.93. The topological polar surface area (TPSA) is 85.6 Å². The standard InChI is InChI=1S/C8H8BrN5O2/c1-13-6(10-4-11-13)3-14-2-5(9)7(15)12-8(14)16/h2,4H,3H2,1H3,(H,12,15,16). The van der Waals surface area contributed by atoms with E-state index in [-0.39, 0.29) is 6.54 Å². The van der Waals surface area contributed by atoms with Crippen LogP contribution in [-0.2, 0) is 13.6 Å². The molecule has 0 spiro atoms. The van der Waals surface area contributed by atoms with Gasteiger partial charge in [-0.15, -0.1) is 0 Å². The van der Waals surface area contributed by atoms with Gasteiger partial charge in [-0.25, -0.2) is 9.78 Å². The minimum atomic E-state index is -0.476. The van der Waals surface area contributed by atoms with Gasteiger partial charge in [0.25, 0.3) is 5.56 Å². The number of aromatic nitrogens is 5. The molecule has 0 unspecified atom stereocenters. The molecule has 2 aromatic heterocycles. The lowest BCUT2D eigenvalue weighted by Gasteiger charge is -2.04. The fraction of sp³-hybridized carbons (Fsp3) is 0.250. The van der Waals surface area contributed by atoms with Gasteiger partial charge in [-0.3, -0.25) is 19.0 Å². The Balaban J connectivity index is 2.43. The maximum atomic E-state index is 11.5. The number of aromatic amines is 1. The molecule has 2 rings (SSSR count). The molecule has 1 N–H and O–H groups in total. The van der Waals surface area contributed by atoms with Gasteiger partial charge in [-0.05, 0) is 15.9 Å². The third kappa shape index (κ3) is 1.96. The predicted molar refractivity (Wildman–Crippen MR) is 59.1 cm³/mol. The molecule has 0 bridgehead atoms. The predicted octanol–water partition coefficient (Wildman–Crippen LogP) is -0.524. The number of rotatable bonds is 2. The van der Waals surface area contributed by atoms with Crippen LogP contribution in [0.3, 0.4) is 0 Å². The van der Waals surface area contributed by atoms with Gasteiger partial charge in [-0.1, -0.05) is 0 Å². The Morgan fingerprint density at radius 2 is 2.25 bits per heavy atom. The van der Waals surface area contributed by atoms with Crippen LogP contribution in [0.5, 0.6) is 0 Å². The van der Waals surface area contributed by atoms with E-state index in [1.54, 1.807) is 11.7 Å². The molecule has 0 aromatic carbocycles. The Morgan fingerprint density at radius 1 is 1.50 bits per heavy atom. The van der Waals surface area contributed by atoms with Crippen molar-refractivity contribution in [2.75, 3.05) is 0 Å². The molecule has 0 atom stereocenters. The number of halogens is 1. The van der Waals surface area contributed by atoms with E-state index in [2.05, 4.69) is 31.0 Å². The molecule has 8 heteroatoms. The zero-order valence-electron chi connectivity index (χ0n) is 8.35. The van der Waals surface area contributed by atoms with Crippen LogP contribution >= 0.6 is 15.9 Å². The molecule has 16 heavy (non-hydrogen) atoms. The summed E-state index contributed by atoms with van der Waals surface area (Å²) in [5, 5.41) is 3.89. The van der Waals surface area contributed by atoms with E-state index in [1.807, 2.05) is 0 Å². The van der Waals surface area contributed by atoms with Crippen molar-refractivity contribution in [2.24, 2.45) is 7.05 Å². The summed E-state index contributed by atoms with van der Waals surface area (Å²) in [5.74, 6) is 0.626. The third-order valence-electron chi connectivity index (χ3n) is 2.08. The first-order valence-corrected chi connectivity index (χ1v) is 5.19. The van der Waals surface area contributed by atoms with Crippen molar-refractivity contribution in [3.05, 3.63) is 43.7 Å². The first kappa shape index (κ1) is 10.8. The lowest BCUT2D eigenvalue weighted by Crippen LogP contribution is -2.30. The number of hydrogen-bond acceptors (Lipinski definition) is 4. The maximum Gasteiger partial charge on any atom is 0.328 e. The number of nitrogens with zero attached hydrogens (tertiary/aromatic N) is 4. The molecule has 2 aromatic rings. The molecule has 0 radical (unpaired) electrons. The van der Waals surface area contributed by atoms with Crippen molar-refractivity contribution in [3.8, 4) is 0 Å². The van der Waals surface area contributed by atoms with Crippen molar-refractivity contribution < 1.29 is 0 Å². The van der Waals surface area contributed by atoms with Crippen LogP contribution in [0.4, 0.5) is 0 Å². The van der Waals surface area contributed by atoms with Crippen LogP contribution in [0.1, 0.15) is 5.82 Å². The van der Waals surface area contributed by atoms with Gasteiger partial charge in [-0.2, -0.15) is 5.10 Å². The zero-order chi connectivity index (χ0) is 11.7. The third-order valence-corrected chi connectivity index (χ3v) is 2.65. The minimum absolute atomic E-state index is 0.255. The van der Waals surface area contributed by atoms with Gasteiger partial charge in [0.05, 0.1) is 11.0 Å². The Bertz CT molecular complexity index is 626. The highest BCUT2D eigenvalue weighted by Gasteiger charge is 2.05. The molecular formula is C8H8BrN5O2. The number of aryl methyl sites for hydroxylation is 1. The molecule has 0 aliphatic rings. The van der Waals surface area contributed by atoms with Crippen LogP contribution in [0.25, 0.3) is 0 Å². The molecular weight excluding hydrogens is 278 g/mol. The summed E-state index contributed by atoms with van der Waals surface area (Å²) in [6.45, 7) is 0.255. The van der Waals surface area contributed by atoms with Gasteiger partial charge in [0.15, 0.2) is 0 Å². The van der Waals surface area contributed by atoms with Crippen molar-refractivity contribution in [3.63, 3.8) is 0 Å². The van der Waals surface area contributed by atoms with E-state index in [9.17, 15) is 9.59 Å². The molecule has 0 aliphatic heterocycles. The van der Waals surface area contributed by atoms with Crippen LogP contribution in [0, 0.1) is 0 Å². The Labute approximate surface area is 97.9 Å². The Kier molecular flexibility index (Phi) is 2.73. The van der Waals surface area contributed by atoms with Crippen molar-refractivity contribution >= 4 is 15.9 Å². The average molecular weight is 286 g/mol. The highest BCUT2D eigenvalue weighted by Crippen LogP contribution is 2.00. The van der Waals surface area contributed by atoms with Gasteiger partial charge in [0.1, 0.15) is 12.2 Å². The second-order valence-electron chi connectivity index (χ2n) is 3.16. The fourth-order valence-electron chi connectivity index (χ4n) is 1.22. The maximum absolute atomic E-state index is 11.5. The monoisotopic (exact) mass is 285 g/mol. The van der Waals surface area contributed by atoms with Gasteiger partial charge in [0.2, 0.25) is 0 Å². The summed E-state index contributed by atoms with van der Waals surface area (Å²) < 4.78 is 3.20. The fourth-order valence-corrected chi connectivity index (χ4v) is 1.56. The minimum Gasteiger partial charge on any atom is -0.292 e. The van der Waals surface area contributed by atoms with Gasteiger partial charge < -0.3 is 0 Å². The molecule has 84 valence electrons. The van der Waals surface area contributed by atoms with E-state index in [4.69, 9.17) is 0 Å². The number of nitrogens with one attached hydrogen (secondary N) is 1. The normalized spacial score (nSPS) is 10.6. The lowest BCUT2D eigenvalue weighted by atomic mass is 10.5. The average Bonchev–Trinajstić information content (AvgIpc) is 2.61. The summed E-state index contributed by atoms with van der Waals surface area (Å²) in [7, 11) is 1.73. The molecule has 7 nitrogen and oxygen atoms in total. The van der Waals surface area contributed by atoms with Gasteiger partial charge >= 0.3 is 5.69 Å². The Morgan fingerprint density at radius 3 is 2.88 bits per heavy atom. The molecule has 0 saturated heterocycles. The quantitative estimate of drug-likeness (QED) is 0.804. The molecule has 2 heterocycles. The summed E-state index contributed by atoms with van der Waals surface area (Å²) in [6, 6.07) is 0. The first-order chi connectivity index (χ1) is 7.58. The summed E-state index contributed by atoms with van der Waals surface area (Å²) in [5.41, 5.74) is -0.921. The molecule has 0 fully saturated rings. The van der Waals surface area contributed by atoms with Crippen molar-refractivity contribution in [2.45, 2.75) is 6.54 Å². The Hall–Kier alpha value is -1.70. The van der Waals surface area contributed by atoms with E-state index in [0.29, 0.717) is 10.3 Å². The largest absolute Gasteiger partial charge is 0.328 e. The summed E-state index contributed by atoms with van der Waals surface area (Å²) in [6.07, 6.45) is 2.83. The SMILES string of the molecule is Cn1ncnc1Cn1cc(Br)c(=O)[nH]c1=O. The van der Waals surface area contributed by atoms with Crippen LogP contribution in [0.15, 0.2) is 26.6 Å². The summed E-state index contributed by atoms with van der Waals surface area (Å²) >= 11 is 3.06. The first-order valence-electron chi connectivity index (χ1n) is 4.40. The van der Waals surface area contributed by atoms with Crippen LogP contribution in [0.2, 0.25) is 0 Å². The highest BCUT2D eigenvalue weighted by atomic mass is 79.9. The number of hydrogen-bond donors (Lipinski definition) is 1. The summed E-state index contributed by atoms with van der Waals surface area (Å²) in [4.78, 5) is 28.7. The van der Waals surface area contributed by atoms with E-state index in [0.717, 1.165) is 0 Å². The molecule has 0 saturated carbocycles. The van der Waals surface area contributed by atoms with Gasteiger partial charge in [0, 0.05) is 13.2 Å². The van der Waals surface area contributed by atoms with Crippen LogP contribution < -0.4 is 11.2 Å². The van der Waals surface area contributed by atoms with E-state index >= 15 is 0 Å². The smallest absolute Gasteiger partial charge is 0.292 e. The second kappa shape index (κ2) is 4.05. The molecule has 0 aliphatic carbocycles. The van der Waals surface area contributed by atoms with Crippen LogP contribution in [-0.4, -0.2) is 24.3 Å². The number of H-pyrrole nitrogens is 1. The van der Waals surface area contributed by atoms with Crippen molar-refractivity contribution in [1.29, 1.82) is 0 Å². The highest BCUT2D eigenvalue weighted by molar-refractivity contribution is 9.10.